The van der Waals surface area contributed by atoms with Crippen molar-refractivity contribution in [1.29, 1.82) is 0 Å². The van der Waals surface area contributed by atoms with Crippen molar-refractivity contribution in [3.05, 3.63) is 83.1 Å². The molecular weight excluding hydrogens is 468 g/mol. The monoisotopic (exact) mass is 486 g/mol. The minimum absolute atomic E-state index is 0.157. The number of nitrogens with zero attached hydrogens (tertiary/aromatic N) is 3. The molecule has 3 heterocycles. The molecule has 3 N–H and O–H groups in total. The molecule has 9 nitrogen and oxygen atoms in total. The Morgan fingerprint density at radius 2 is 1.83 bits per heavy atom. The Morgan fingerprint density at radius 1 is 1.03 bits per heavy atom. The van der Waals surface area contributed by atoms with Gasteiger partial charge in [-0.05, 0) is 48.5 Å². The quantitative estimate of drug-likeness (QED) is 0.374. The number of nitrogens with one attached hydrogen (secondary N) is 3. The normalized spacial score (nSPS) is 12.0. The molecule has 5 rings (SSSR count). The molecule has 2 aromatic carbocycles. The van der Waals surface area contributed by atoms with E-state index in [1.807, 2.05) is 6.07 Å². The predicted molar refractivity (Wildman–Crippen MR) is 133 cm³/mol. The van der Waals surface area contributed by atoms with E-state index in [4.69, 9.17) is 16.3 Å². The fraction of sp³-hybridized carbons (Fsp3) is 0.0800. The lowest BCUT2D eigenvalue weighted by Crippen LogP contribution is -2.13. The predicted octanol–water partition coefficient (Wildman–Crippen LogP) is 4.69. The summed E-state index contributed by atoms with van der Waals surface area (Å²) in [5, 5.41) is 9.32. The van der Waals surface area contributed by atoms with Crippen LogP contribution in [-0.4, -0.2) is 33.9 Å². The smallest absolute Gasteiger partial charge is 0.255 e. The molecule has 0 saturated heterocycles. The van der Waals surface area contributed by atoms with E-state index in [2.05, 4.69) is 30.9 Å². The van der Waals surface area contributed by atoms with Gasteiger partial charge in [-0.3, -0.25) is 9.59 Å². The average Bonchev–Trinajstić information content (AvgIpc) is 2.99. The van der Waals surface area contributed by atoms with Crippen LogP contribution in [0.15, 0.2) is 67.0 Å². The van der Waals surface area contributed by atoms with E-state index in [0.717, 1.165) is 5.56 Å². The number of hydrogen-bond acceptors (Lipinski definition) is 7. The molecule has 35 heavy (non-hydrogen) atoms. The minimum Gasteiger partial charge on any atom is -0.481 e. The molecule has 4 aromatic rings. The fourth-order valence-electron chi connectivity index (χ4n) is 3.64. The molecule has 0 saturated carbocycles. The highest BCUT2D eigenvalue weighted by atomic mass is 35.5. The number of ether oxygens (including phenoxy) is 1. The number of carbonyl (C=O) groups excluding carboxylic acids is 2. The van der Waals surface area contributed by atoms with Crippen LogP contribution in [0.5, 0.6) is 5.88 Å². The summed E-state index contributed by atoms with van der Waals surface area (Å²) >= 11 is 6.10. The van der Waals surface area contributed by atoms with Crippen LogP contribution in [0, 0.1) is 0 Å². The highest BCUT2D eigenvalue weighted by Crippen LogP contribution is 2.34. The zero-order valence-electron chi connectivity index (χ0n) is 18.5. The topological polar surface area (TPSA) is 118 Å². The van der Waals surface area contributed by atoms with Gasteiger partial charge >= 0.3 is 0 Å². The molecule has 1 aliphatic heterocycles. The number of rotatable bonds is 5. The van der Waals surface area contributed by atoms with Crippen molar-refractivity contribution < 1.29 is 14.3 Å². The third-order valence-corrected chi connectivity index (χ3v) is 5.57. The highest BCUT2D eigenvalue weighted by Gasteiger charge is 2.21. The number of benzene rings is 2. The van der Waals surface area contributed by atoms with Gasteiger partial charge in [-0.2, -0.15) is 0 Å². The van der Waals surface area contributed by atoms with Crippen molar-refractivity contribution in [2.45, 2.75) is 6.42 Å². The maximum atomic E-state index is 12.5. The second kappa shape index (κ2) is 9.40. The SMILES string of the molecule is COc1ccc(NC(=O)c2ccc(Nc3ncc4c(n3)-c3ccc(Cl)cc3NC(=O)C4)cc2)cn1. The molecule has 0 bridgehead atoms. The van der Waals surface area contributed by atoms with Gasteiger partial charge in [0.2, 0.25) is 17.7 Å². The first-order valence-electron chi connectivity index (χ1n) is 10.6. The van der Waals surface area contributed by atoms with Gasteiger partial charge in [0.1, 0.15) is 0 Å². The van der Waals surface area contributed by atoms with E-state index in [1.54, 1.807) is 54.7 Å². The van der Waals surface area contributed by atoms with Gasteiger partial charge < -0.3 is 20.7 Å². The van der Waals surface area contributed by atoms with Gasteiger partial charge in [0.15, 0.2) is 0 Å². The van der Waals surface area contributed by atoms with E-state index in [9.17, 15) is 9.59 Å². The molecule has 2 amide bonds. The number of hydrogen-bond donors (Lipinski definition) is 3. The molecule has 2 aromatic heterocycles. The van der Waals surface area contributed by atoms with Gasteiger partial charge in [-0.25, -0.2) is 15.0 Å². The van der Waals surface area contributed by atoms with Gasteiger partial charge in [-0.15, -0.1) is 0 Å². The van der Waals surface area contributed by atoms with Crippen LogP contribution in [0.2, 0.25) is 5.02 Å². The first kappa shape index (κ1) is 22.3. The molecule has 0 atom stereocenters. The lowest BCUT2D eigenvalue weighted by Gasteiger charge is -2.11. The molecule has 0 spiro atoms. The Kier molecular flexibility index (Phi) is 5.99. The number of amides is 2. The number of halogens is 1. The maximum absolute atomic E-state index is 12.5. The van der Waals surface area contributed by atoms with E-state index >= 15 is 0 Å². The molecule has 10 heteroatoms. The Labute approximate surface area is 205 Å². The lowest BCUT2D eigenvalue weighted by molar-refractivity contribution is -0.115. The van der Waals surface area contributed by atoms with Crippen LogP contribution in [0.4, 0.5) is 23.0 Å². The molecule has 1 aliphatic rings. The van der Waals surface area contributed by atoms with E-state index in [0.29, 0.717) is 50.7 Å². The van der Waals surface area contributed by atoms with Gasteiger partial charge in [0.05, 0.1) is 36.8 Å². The molecular formula is C25H19ClN6O3. The molecule has 174 valence electrons. The summed E-state index contributed by atoms with van der Waals surface area (Å²) in [7, 11) is 1.53. The number of aromatic nitrogens is 3. The van der Waals surface area contributed by atoms with E-state index < -0.39 is 0 Å². The number of methoxy groups -OCH3 is 1. The van der Waals surface area contributed by atoms with Crippen molar-refractivity contribution in [3.8, 4) is 17.1 Å². The van der Waals surface area contributed by atoms with E-state index in [-0.39, 0.29) is 18.2 Å². The van der Waals surface area contributed by atoms with Crippen LogP contribution in [0.1, 0.15) is 15.9 Å². The van der Waals surface area contributed by atoms with Crippen LogP contribution in [0.25, 0.3) is 11.3 Å². The number of carbonyl (C=O) groups is 2. The molecule has 0 aliphatic carbocycles. The summed E-state index contributed by atoms with van der Waals surface area (Å²) in [5.41, 5.74) is 4.47. The minimum atomic E-state index is -0.266. The third-order valence-electron chi connectivity index (χ3n) is 5.33. The van der Waals surface area contributed by atoms with Crippen molar-refractivity contribution >= 4 is 46.4 Å². The highest BCUT2D eigenvalue weighted by molar-refractivity contribution is 6.31. The van der Waals surface area contributed by atoms with E-state index in [1.165, 1.54) is 13.3 Å². The number of fused-ring (bicyclic) bond motifs is 3. The first-order valence-corrected chi connectivity index (χ1v) is 11.0. The standard InChI is InChI=1S/C25H19ClN6O3/c1-35-22-9-7-18(13-27-22)29-24(34)14-2-5-17(6-3-14)30-25-28-12-15-10-21(33)31-20-11-16(26)4-8-19(20)23(15)32-25/h2-9,11-13H,10H2,1H3,(H,29,34)(H,31,33)(H,28,30,32). The Morgan fingerprint density at radius 3 is 2.57 bits per heavy atom. The van der Waals surface area contributed by atoms with Gasteiger partial charge in [-0.1, -0.05) is 11.6 Å². The summed E-state index contributed by atoms with van der Waals surface area (Å²) in [4.78, 5) is 37.9. The summed E-state index contributed by atoms with van der Waals surface area (Å²) in [6, 6.07) is 15.6. The Bertz CT molecular complexity index is 1420. The van der Waals surface area contributed by atoms with Crippen molar-refractivity contribution in [1.82, 2.24) is 15.0 Å². The maximum Gasteiger partial charge on any atom is 0.255 e. The van der Waals surface area contributed by atoms with Crippen LogP contribution in [0.3, 0.4) is 0 Å². The lowest BCUT2D eigenvalue weighted by atomic mass is 10.1. The summed E-state index contributed by atoms with van der Waals surface area (Å²) in [6.45, 7) is 0. The largest absolute Gasteiger partial charge is 0.481 e. The molecule has 0 unspecified atom stereocenters. The molecule has 0 fully saturated rings. The first-order chi connectivity index (χ1) is 17.0. The Balaban J connectivity index is 1.33. The van der Waals surface area contributed by atoms with Crippen LogP contribution < -0.4 is 20.7 Å². The second-order valence-electron chi connectivity index (χ2n) is 7.73. The van der Waals surface area contributed by atoms with Crippen molar-refractivity contribution in [3.63, 3.8) is 0 Å². The second-order valence-corrected chi connectivity index (χ2v) is 8.16. The summed E-state index contributed by atoms with van der Waals surface area (Å²) in [6.07, 6.45) is 3.33. The zero-order valence-corrected chi connectivity index (χ0v) is 19.3. The van der Waals surface area contributed by atoms with Crippen LogP contribution >= 0.6 is 11.6 Å². The zero-order chi connectivity index (χ0) is 24.4. The van der Waals surface area contributed by atoms with Gasteiger partial charge in [0.25, 0.3) is 5.91 Å². The van der Waals surface area contributed by atoms with Gasteiger partial charge in [0, 0.05) is 39.7 Å². The average molecular weight is 487 g/mol. The fourth-order valence-corrected chi connectivity index (χ4v) is 3.81. The van der Waals surface area contributed by atoms with Crippen LogP contribution in [-0.2, 0) is 11.2 Å². The summed E-state index contributed by atoms with van der Waals surface area (Å²) in [5.74, 6) is 0.405. The summed E-state index contributed by atoms with van der Waals surface area (Å²) < 4.78 is 5.02. The van der Waals surface area contributed by atoms with Crippen molar-refractivity contribution in [2.24, 2.45) is 0 Å². The third kappa shape index (κ3) is 4.90. The Hall–Kier alpha value is -4.50. The van der Waals surface area contributed by atoms with Crippen molar-refractivity contribution in [2.75, 3.05) is 23.1 Å². The number of anilines is 4. The molecule has 0 radical (unpaired) electrons. The number of pyridine rings is 1.